The molecule has 1 aromatic rings. The summed E-state index contributed by atoms with van der Waals surface area (Å²) in [6.07, 6.45) is 0. The minimum Gasteiger partial charge on any atom is -0.497 e. The highest BCUT2D eigenvalue weighted by molar-refractivity contribution is 6.80. The molecule has 0 amide bonds. The van der Waals surface area contributed by atoms with Gasteiger partial charge in [-0.2, -0.15) is 0 Å². The Morgan fingerprint density at radius 3 is 1.63 bits per heavy atom. The molecule has 0 saturated heterocycles. The van der Waals surface area contributed by atoms with Crippen molar-refractivity contribution < 1.29 is 4.74 Å². The van der Waals surface area contributed by atoms with Crippen molar-refractivity contribution in [3.63, 3.8) is 0 Å². The highest BCUT2D eigenvalue weighted by Crippen LogP contribution is 2.58. The molecule has 0 aliphatic carbocycles. The third-order valence-corrected chi connectivity index (χ3v) is 5.98. The van der Waals surface area contributed by atoms with Crippen LogP contribution in [0.2, 0.25) is 0 Å². The van der Waals surface area contributed by atoms with Crippen LogP contribution >= 0.6 is 139 Å². The molecule has 1 aromatic carbocycles. The van der Waals surface area contributed by atoms with Gasteiger partial charge in [-0.05, 0) is 12.1 Å². The van der Waals surface area contributed by atoms with Gasteiger partial charge < -0.3 is 4.74 Å². The zero-order valence-corrected chi connectivity index (χ0v) is 23.2. The van der Waals surface area contributed by atoms with Gasteiger partial charge in [0.1, 0.15) is 5.75 Å². The number of hydrogen-bond donors (Lipinski definition) is 0. The number of hydrogen-bond acceptors (Lipinski definition) is 4. The van der Waals surface area contributed by atoms with Gasteiger partial charge >= 0.3 is 0 Å². The van der Waals surface area contributed by atoms with Crippen molar-refractivity contribution in [3.8, 4) is 5.75 Å². The molecular weight excluding hydrogens is 652 g/mol. The molecular formula is C14H7Cl12N3O. The molecule has 0 aromatic heterocycles. The van der Waals surface area contributed by atoms with E-state index in [1.54, 1.807) is 0 Å². The molecule has 4 nitrogen and oxygen atoms in total. The van der Waals surface area contributed by atoms with Crippen LogP contribution in [0.15, 0.2) is 34.3 Å². The fourth-order valence-corrected chi connectivity index (χ4v) is 4.47. The summed E-state index contributed by atoms with van der Waals surface area (Å²) in [4.78, 5) is 9.07. The minimum absolute atomic E-state index is 0.156. The van der Waals surface area contributed by atoms with Crippen LogP contribution in [0.3, 0.4) is 0 Å². The summed E-state index contributed by atoms with van der Waals surface area (Å²) in [6, 6.07) is 6.03. The molecule has 1 aliphatic rings. The van der Waals surface area contributed by atoms with E-state index in [1.165, 1.54) is 31.4 Å². The van der Waals surface area contributed by atoms with E-state index in [4.69, 9.17) is 144 Å². The number of aliphatic imine (C=N–C) groups is 2. The van der Waals surface area contributed by atoms with Gasteiger partial charge in [0.2, 0.25) is 17.0 Å². The Kier molecular flexibility index (Phi) is 8.69. The molecule has 0 saturated carbocycles. The predicted molar refractivity (Wildman–Crippen MR) is 133 cm³/mol. The first kappa shape index (κ1) is 27.9. The van der Waals surface area contributed by atoms with Crippen molar-refractivity contribution in [1.29, 1.82) is 0 Å². The van der Waals surface area contributed by atoms with Crippen molar-refractivity contribution in [1.82, 2.24) is 4.90 Å². The molecule has 30 heavy (non-hydrogen) atoms. The van der Waals surface area contributed by atoms with Crippen LogP contribution in [0.1, 0.15) is 5.56 Å². The van der Waals surface area contributed by atoms with E-state index in [2.05, 4.69) is 9.98 Å². The molecule has 0 fully saturated rings. The van der Waals surface area contributed by atoms with Crippen LogP contribution in [0.25, 0.3) is 0 Å². The van der Waals surface area contributed by atoms with Crippen molar-refractivity contribution >= 4 is 151 Å². The molecule has 1 atom stereocenters. The summed E-state index contributed by atoms with van der Waals surface area (Å²) < 4.78 is -4.20. The lowest BCUT2D eigenvalue weighted by molar-refractivity contribution is 0.175. The Hall–Kier alpha value is 1.64. The SMILES string of the molecule is COc1ccc(C2(C(Cl)(Cl)Cl)N=C(C(Cl)(Cl)Cl)N=C(C(Cl)(Cl)Cl)N2C(Cl)(Cl)Cl)cc1. The normalized spacial score (nSPS) is 21.3. The zero-order valence-electron chi connectivity index (χ0n) is 14.1. The van der Waals surface area contributed by atoms with Gasteiger partial charge in [-0.1, -0.05) is 151 Å². The number of methoxy groups -OCH3 is 1. The van der Waals surface area contributed by atoms with Crippen LogP contribution in [-0.4, -0.2) is 39.0 Å². The van der Waals surface area contributed by atoms with Gasteiger partial charge in [0.15, 0.2) is 11.7 Å². The lowest BCUT2D eigenvalue weighted by atomic mass is 9.98. The molecule has 0 radical (unpaired) electrons. The van der Waals surface area contributed by atoms with E-state index in [0.717, 1.165) is 4.90 Å². The number of ether oxygens (including phenoxy) is 1. The molecule has 16 heteroatoms. The summed E-state index contributed by atoms with van der Waals surface area (Å²) >= 11 is 74.0. The second-order valence-electron chi connectivity index (χ2n) is 5.57. The number of alkyl halides is 12. The van der Waals surface area contributed by atoms with Crippen LogP contribution in [0, 0.1) is 0 Å². The molecule has 0 spiro atoms. The Bertz CT molecular complexity index is 847. The second-order valence-corrected chi connectivity index (χ2v) is 14.6. The summed E-state index contributed by atoms with van der Waals surface area (Å²) in [5, 5.41) is 0. The van der Waals surface area contributed by atoms with Crippen molar-refractivity contribution in [3.05, 3.63) is 29.8 Å². The predicted octanol–water partition coefficient (Wildman–Crippen LogP) is 8.40. The van der Waals surface area contributed by atoms with E-state index in [-0.39, 0.29) is 5.56 Å². The Labute approximate surface area is 232 Å². The van der Waals surface area contributed by atoms with Gasteiger partial charge in [0.25, 0.3) is 3.92 Å². The van der Waals surface area contributed by atoms with Crippen LogP contribution < -0.4 is 4.74 Å². The third kappa shape index (κ3) is 5.64. The average Bonchev–Trinajstić information content (AvgIpc) is 2.57. The van der Waals surface area contributed by atoms with Gasteiger partial charge in [-0.3, -0.25) is 4.90 Å². The monoisotopic (exact) mass is 653 g/mol. The molecule has 0 N–H and O–H groups in total. The van der Waals surface area contributed by atoms with Crippen LogP contribution in [-0.2, 0) is 5.66 Å². The molecule has 1 unspecified atom stereocenters. The highest BCUT2D eigenvalue weighted by Gasteiger charge is 2.65. The largest absolute Gasteiger partial charge is 0.497 e. The summed E-state index contributed by atoms with van der Waals surface area (Å²) in [6.45, 7) is 0. The number of benzene rings is 1. The standard InChI is InChI=1S/C14H7Cl12N3O/c1-30-7-4-2-6(3-5-7)10(13(21,22)23)28-8(11(15,16)17)27-9(12(18,19)20)29(10)14(24,25)26/h2-5H,1H3. The van der Waals surface area contributed by atoms with Crippen molar-refractivity contribution in [2.75, 3.05) is 7.11 Å². The fraction of sp³-hybridized carbons (Fsp3) is 0.429. The number of nitrogens with zero attached hydrogens (tertiary/aromatic N) is 3. The average molecular weight is 659 g/mol. The van der Waals surface area contributed by atoms with Gasteiger partial charge in [0, 0.05) is 5.56 Å². The van der Waals surface area contributed by atoms with E-state index >= 15 is 0 Å². The zero-order chi connectivity index (χ0) is 23.3. The maximum Gasteiger partial charge on any atom is 0.271 e. The Morgan fingerprint density at radius 2 is 1.30 bits per heavy atom. The highest BCUT2D eigenvalue weighted by atomic mass is 35.6. The molecule has 2 rings (SSSR count). The van der Waals surface area contributed by atoms with E-state index in [1.807, 2.05) is 0 Å². The lowest BCUT2D eigenvalue weighted by Gasteiger charge is -2.52. The van der Waals surface area contributed by atoms with E-state index in [0.29, 0.717) is 5.75 Å². The summed E-state index contributed by atoms with van der Waals surface area (Å²) in [5.41, 5.74) is -2.06. The Morgan fingerprint density at radius 1 is 0.800 bits per heavy atom. The molecule has 1 aliphatic heterocycles. The maximum atomic E-state index is 6.37. The van der Waals surface area contributed by atoms with Crippen molar-refractivity contribution in [2.24, 2.45) is 9.98 Å². The topological polar surface area (TPSA) is 37.2 Å². The quantitative estimate of drug-likeness (QED) is 0.237. The first-order chi connectivity index (χ1) is 13.4. The number of rotatable bonds is 2. The van der Waals surface area contributed by atoms with Gasteiger partial charge in [-0.15, -0.1) is 0 Å². The molecule has 1 heterocycles. The first-order valence-corrected chi connectivity index (χ1v) is 11.8. The number of amidine groups is 2. The van der Waals surface area contributed by atoms with Gasteiger partial charge in [0.05, 0.1) is 7.11 Å². The minimum atomic E-state index is -2.41. The Balaban J connectivity index is 3.03. The third-order valence-electron chi connectivity index (χ3n) is 3.66. The lowest BCUT2D eigenvalue weighted by Crippen LogP contribution is -2.65. The number of halogens is 12. The maximum absolute atomic E-state index is 6.37. The second kappa shape index (κ2) is 9.36. The van der Waals surface area contributed by atoms with Crippen LogP contribution in [0.5, 0.6) is 5.75 Å². The summed E-state index contributed by atoms with van der Waals surface area (Å²) in [7, 11) is 1.46. The van der Waals surface area contributed by atoms with Gasteiger partial charge in [-0.25, -0.2) is 9.98 Å². The van der Waals surface area contributed by atoms with Crippen molar-refractivity contribution in [2.45, 2.75) is 21.0 Å². The smallest absolute Gasteiger partial charge is 0.271 e. The van der Waals surface area contributed by atoms with Crippen LogP contribution in [0.4, 0.5) is 0 Å². The van der Waals surface area contributed by atoms with E-state index in [9.17, 15) is 0 Å². The molecule has 0 bridgehead atoms. The summed E-state index contributed by atoms with van der Waals surface area (Å²) in [5.74, 6) is -0.539. The van der Waals surface area contributed by atoms with E-state index < -0.39 is 32.6 Å². The molecule has 168 valence electrons. The first-order valence-electron chi connectivity index (χ1n) is 7.27. The fourth-order valence-electron chi connectivity index (χ4n) is 2.52.